The SMILES string of the molecule is CS(=O)(=O)c1cccc(I)c1. The van der Waals surface area contributed by atoms with Crippen molar-refractivity contribution >= 4 is 32.4 Å². The van der Waals surface area contributed by atoms with Crippen LogP contribution in [0.5, 0.6) is 0 Å². The summed E-state index contributed by atoms with van der Waals surface area (Å²) in [6.45, 7) is 0. The van der Waals surface area contributed by atoms with E-state index in [2.05, 4.69) is 22.6 Å². The highest BCUT2D eigenvalue weighted by molar-refractivity contribution is 14.1. The molecule has 1 aromatic rings. The van der Waals surface area contributed by atoms with E-state index in [1.807, 2.05) is 6.07 Å². The summed E-state index contributed by atoms with van der Waals surface area (Å²) in [5.41, 5.74) is 0. The van der Waals surface area contributed by atoms with Crippen molar-refractivity contribution in [2.24, 2.45) is 0 Å². The zero-order valence-corrected chi connectivity index (χ0v) is 8.89. The first-order chi connectivity index (χ1) is 5.00. The summed E-state index contributed by atoms with van der Waals surface area (Å²) in [7, 11) is -3.03. The summed E-state index contributed by atoms with van der Waals surface area (Å²) in [4.78, 5) is 0.379. The minimum absolute atomic E-state index is 0.379. The van der Waals surface area contributed by atoms with E-state index >= 15 is 0 Å². The van der Waals surface area contributed by atoms with Gasteiger partial charge < -0.3 is 0 Å². The number of rotatable bonds is 1. The van der Waals surface area contributed by atoms with Gasteiger partial charge in [-0.2, -0.15) is 0 Å². The Bertz CT molecular complexity index is 356. The fourth-order valence-electron chi connectivity index (χ4n) is 0.698. The number of benzene rings is 1. The summed E-state index contributed by atoms with van der Waals surface area (Å²) in [5, 5.41) is 0. The summed E-state index contributed by atoms with van der Waals surface area (Å²) < 4.78 is 22.9. The number of halogens is 1. The normalized spacial score (nSPS) is 11.5. The summed E-state index contributed by atoms with van der Waals surface area (Å²) >= 11 is 2.08. The van der Waals surface area contributed by atoms with Crippen molar-refractivity contribution < 1.29 is 8.42 Å². The average Bonchev–Trinajstić information content (AvgIpc) is 1.86. The molecule has 0 spiro atoms. The quantitative estimate of drug-likeness (QED) is 0.735. The fourth-order valence-corrected chi connectivity index (χ4v) is 2.12. The highest BCUT2D eigenvalue weighted by Crippen LogP contribution is 2.12. The molecule has 11 heavy (non-hydrogen) atoms. The third kappa shape index (κ3) is 2.44. The molecule has 0 aromatic heterocycles. The molecule has 1 rings (SSSR count). The first kappa shape index (κ1) is 8.99. The first-order valence-corrected chi connectivity index (χ1v) is 5.93. The summed E-state index contributed by atoms with van der Waals surface area (Å²) in [6.07, 6.45) is 1.21. The number of hydrogen-bond donors (Lipinski definition) is 0. The van der Waals surface area contributed by atoms with Gasteiger partial charge >= 0.3 is 0 Å². The second kappa shape index (κ2) is 3.10. The molecule has 4 heteroatoms. The molecule has 60 valence electrons. The van der Waals surface area contributed by atoms with Crippen LogP contribution in [0.2, 0.25) is 0 Å². The van der Waals surface area contributed by atoms with Gasteiger partial charge in [-0.25, -0.2) is 8.42 Å². The number of sulfone groups is 1. The fraction of sp³-hybridized carbons (Fsp3) is 0.143. The second-order valence-corrected chi connectivity index (χ2v) is 5.49. The van der Waals surface area contributed by atoms with Crippen LogP contribution in [0.3, 0.4) is 0 Å². The largest absolute Gasteiger partial charge is 0.224 e. The van der Waals surface area contributed by atoms with Crippen molar-refractivity contribution in [2.75, 3.05) is 6.26 Å². The van der Waals surface area contributed by atoms with Crippen LogP contribution in [-0.4, -0.2) is 14.7 Å². The molecule has 0 aliphatic carbocycles. The van der Waals surface area contributed by atoms with Gasteiger partial charge in [0.1, 0.15) is 0 Å². The van der Waals surface area contributed by atoms with E-state index in [4.69, 9.17) is 0 Å². The Morgan fingerprint density at radius 1 is 1.36 bits per heavy atom. The van der Waals surface area contributed by atoms with Gasteiger partial charge in [-0.3, -0.25) is 0 Å². The van der Waals surface area contributed by atoms with Crippen LogP contribution in [0, 0.1) is 3.57 Å². The molecule has 1 aromatic carbocycles. The highest BCUT2D eigenvalue weighted by Gasteiger charge is 2.05. The molecule has 0 saturated carbocycles. The molecule has 0 fully saturated rings. The maximum atomic E-state index is 11.0. The van der Waals surface area contributed by atoms with Crippen LogP contribution in [-0.2, 0) is 9.84 Å². The Labute approximate surface area is 79.7 Å². The Kier molecular flexibility index (Phi) is 2.54. The molecular formula is C7H7IO2S. The topological polar surface area (TPSA) is 34.1 Å². The summed E-state index contributed by atoms with van der Waals surface area (Å²) in [5.74, 6) is 0. The predicted octanol–water partition coefficient (Wildman–Crippen LogP) is 1.69. The molecule has 0 aliphatic rings. The maximum Gasteiger partial charge on any atom is 0.175 e. The van der Waals surface area contributed by atoms with Crippen LogP contribution in [0.1, 0.15) is 0 Å². The van der Waals surface area contributed by atoms with Crippen LogP contribution < -0.4 is 0 Å². The minimum Gasteiger partial charge on any atom is -0.224 e. The van der Waals surface area contributed by atoms with E-state index in [0.29, 0.717) is 4.90 Å². The minimum atomic E-state index is -3.03. The van der Waals surface area contributed by atoms with Crippen LogP contribution >= 0.6 is 22.6 Å². The molecule has 0 bridgehead atoms. The Balaban J connectivity index is 3.28. The van der Waals surface area contributed by atoms with Gasteiger partial charge in [-0.1, -0.05) is 6.07 Å². The van der Waals surface area contributed by atoms with Crippen LogP contribution in [0.15, 0.2) is 29.2 Å². The third-order valence-corrected chi connectivity index (χ3v) is 3.01. The van der Waals surface area contributed by atoms with Crippen molar-refractivity contribution in [1.82, 2.24) is 0 Å². The van der Waals surface area contributed by atoms with Gasteiger partial charge in [0.25, 0.3) is 0 Å². The highest BCUT2D eigenvalue weighted by atomic mass is 127. The van der Waals surface area contributed by atoms with Crippen molar-refractivity contribution in [3.8, 4) is 0 Å². The van der Waals surface area contributed by atoms with E-state index in [9.17, 15) is 8.42 Å². The lowest BCUT2D eigenvalue weighted by atomic mass is 10.4. The molecule has 2 nitrogen and oxygen atoms in total. The van der Waals surface area contributed by atoms with Crippen molar-refractivity contribution in [3.63, 3.8) is 0 Å². The first-order valence-electron chi connectivity index (χ1n) is 2.96. The molecule has 0 aliphatic heterocycles. The van der Waals surface area contributed by atoms with Gasteiger partial charge in [-0.05, 0) is 40.8 Å². The molecule has 0 saturated heterocycles. The predicted molar refractivity (Wildman–Crippen MR) is 52.3 cm³/mol. The zero-order chi connectivity index (χ0) is 8.48. The standard InChI is InChI=1S/C7H7IO2S/c1-11(9,10)7-4-2-3-6(8)5-7/h2-5H,1H3. The monoisotopic (exact) mass is 282 g/mol. The Morgan fingerprint density at radius 2 is 2.00 bits per heavy atom. The lowest BCUT2D eigenvalue weighted by molar-refractivity contribution is 0.602. The van der Waals surface area contributed by atoms with Crippen LogP contribution in [0.25, 0.3) is 0 Å². The van der Waals surface area contributed by atoms with Gasteiger partial charge in [-0.15, -0.1) is 0 Å². The van der Waals surface area contributed by atoms with E-state index < -0.39 is 9.84 Å². The van der Waals surface area contributed by atoms with E-state index in [-0.39, 0.29) is 0 Å². The lowest BCUT2D eigenvalue weighted by Crippen LogP contribution is -1.96. The Morgan fingerprint density at radius 3 is 2.36 bits per heavy atom. The van der Waals surface area contributed by atoms with Crippen molar-refractivity contribution in [3.05, 3.63) is 27.8 Å². The molecule has 0 amide bonds. The van der Waals surface area contributed by atoms with Crippen LogP contribution in [0.4, 0.5) is 0 Å². The second-order valence-electron chi connectivity index (χ2n) is 2.23. The van der Waals surface area contributed by atoms with Crippen molar-refractivity contribution in [2.45, 2.75) is 4.90 Å². The van der Waals surface area contributed by atoms with E-state index in [0.717, 1.165) is 3.57 Å². The van der Waals surface area contributed by atoms with Gasteiger partial charge in [0, 0.05) is 9.83 Å². The average molecular weight is 282 g/mol. The van der Waals surface area contributed by atoms with Gasteiger partial charge in [0.15, 0.2) is 9.84 Å². The third-order valence-electron chi connectivity index (χ3n) is 1.22. The molecule has 0 radical (unpaired) electrons. The molecule has 0 unspecified atom stereocenters. The zero-order valence-electron chi connectivity index (χ0n) is 5.91. The number of hydrogen-bond acceptors (Lipinski definition) is 2. The molecular weight excluding hydrogens is 275 g/mol. The molecule has 0 heterocycles. The van der Waals surface area contributed by atoms with Gasteiger partial charge in [0.05, 0.1) is 4.90 Å². The Hall–Kier alpha value is -0.100. The van der Waals surface area contributed by atoms with Crippen molar-refractivity contribution in [1.29, 1.82) is 0 Å². The van der Waals surface area contributed by atoms with Gasteiger partial charge in [0.2, 0.25) is 0 Å². The summed E-state index contributed by atoms with van der Waals surface area (Å²) in [6, 6.07) is 6.83. The molecule has 0 N–H and O–H groups in total. The maximum absolute atomic E-state index is 11.0. The molecule has 0 atom stereocenters. The lowest BCUT2D eigenvalue weighted by Gasteiger charge is -1.96. The van der Waals surface area contributed by atoms with E-state index in [1.54, 1.807) is 18.2 Å². The van der Waals surface area contributed by atoms with E-state index in [1.165, 1.54) is 6.26 Å². The smallest absolute Gasteiger partial charge is 0.175 e.